The van der Waals surface area contributed by atoms with Gasteiger partial charge in [-0.15, -0.1) is 0 Å². The summed E-state index contributed by atoms with van der Waals surface area (Å²) < 4.78 is 5.62. The van der Waals surface area contributed by atoms with Crippen molar-refractivity contribution in [2.75, 3.05) is 7.11 Å². The number of fused-ring (bicyclic) bond motifs is 1. The minimum absolute atomic E-state index is 0.0743. The predicted octanol–water partition coefficient (Wildman–Crippen LogP) is 5.48. The van der Waals surface area contributed by atoms with E-state index in [4.69, 9.17) is 9.72 Å². The van der Waals surface area contributed by atoms with Crippen LogP contribution >= 0.6 is 0 Å². The Morgan fingerprint density at radius 1 is 0.893 bits per heavy atom. The van der Waals surface area contributed by atoms with Gasteiger partial charge in [-0.25, -0.2) is 4.98 Å². The summed E-state index contributed by atoms with van der Waals surface area (Å²) >= 11 is 0. The first-order chi connectivity index (χ1) is 13.6. The maximum absolute atomic E-state index is 12.4. The number of carbonyl (C=O) groups is 1. The molecule has 4 nitrogen and oxygen atoms in total. The summed E-state index contributed by atoms with van der Waals surface area (Å²) in [7, 11) is 1.57. The van der Waals surface area contributed by atoms with Crippen LogP contribution < -0.4 is 4.74 Å². The molecule has 2 aromatic heterocycles. The van der Waals surface area contributed by atoms with Gasteiger partial charge < -0.3 is 4.74 Å². The number of aryl methyl sites for hydroxylation is 1. The summed E-state index contributed by atoms with van der Waals surface area (Å²) in [5, 5.41) is 0.701. The van der Waals surface area contributed by atoms with Crippen LogP contribution in [0.1, 0.15) is 22.8 Å². The molecule has 0 saturated heterocycles. The average Bonchev–Trinajstić information content (AvgIpc) is 2.72. The van der Waals surface area contributed by atoms with E-state index in [0.717, 1.165) is 22.2 Å². The minimum atomic E-state index is -0.0743. The van der Waals surface area contributed by atoms with Crippen molar-refractivity contribution < 1.29 is 9.53 Å². The third-order valence-corrected chi connectivity index (χ3v) is 4.84. The third kappa shape index (κ3) is 3.14. The van der Waals surface area contributed by atoms with E-state index in [1.807, 2.05) is 18.2 Å². The lowest BCUT2D eigenvalue weighted by atomic mass is 9.98. The fourth-order valence-corrected chi connectivity index (χ4v) is 3.40. The molecule has 0 fully saturated rings. The van der Waals surface area contributed by atoms with Crippen LogP contribution in [0.2, 0.25) is 0 Å². The molecule has 0 aliphatic carbocycles. The van der Waals surface area contributed by atoms with Gasteiger partial charge in [0, 0.05) is 23.3 Å². The first kappa shape index (κ1) is 17.9. The highest BCUT2D eigenvalue weighted by Crippen LogP contribution is 2.36. The first-order valence-corrected chi connectivity index (χ1v) is 9.08. The lowest BCUT2D eigenvalue weighted by Crippen LogP contribution is -2.03. The molecule has 2 heterocycles. The maximum Gasteiger partial charge on any atom is 0.164 e. The van der Waals surface area contributed by atoms with Gasteiger partial charge in [0.15, 0.2) is 11.5 Å². The molecule has 28 heavy (non-hydrogen) atoms. The lowest BCUT2D eigenvalue weighted by molar-refractivity contribution is 0.101. The van der Waals surface area contributed by atoms with Gasteiger partial charge in [0.05, 0.1) is 18.2 Å². The molecule has 0 bridgehead atoms. The van der Waals surface area contributed by atoms with Gasteiger partial charge in [0.2, 0.25) is 0 Å². The van der Waals surface area contributed by atoms with Crippen molar-refractivity contribution in [1.82, 2.24) is 9.97 Å². The van der Waals surface area contributed by atoms with Gasteiger partial charge >= 0.3 is 0 Å². The second kappa shape index (κ2) is 7.24. The van der Waals surface area contributed by atoms with Crippen molar-refractivity contribution in [2.45, 2.75) is 13.8 Å². The van der Waals surface area contributed by atoms with E-state index in [1.54, 1.807) is 19.5 Å². The molecule has 0 spiro atoms. The molecule has 4 rings (SSSR count). The fraction of sp³-hybridized carbons (Fsp3) is 0.125. The number of benzene rings is 2. The van der Waals surface area contributed by atoms with Crippen molar-refractivity contribution in [1.29, 1.82) is 0 Å². The number of hydrogen-bond donors (Lipinski definition) is 0. The molecular formula is C24H20N2O2. The second-order valence-electron chi connectivity index (χ2n) is 6.76. The minimum Gasteiger partial charge on any atom is -0.494 e. The van der Waals surface area contributed by atoms with E-state index in [1.165, 1.54) is 12.5 Å². The highest BCUT2D eigenvalue weighted by atomic mass is 16.5. The summed E-state index contributed by atoms with van der Waals surface area (Å²) in [6, 6.07) is 18.4. The van der Waals surface area contributed by atoms with Gasteiger partial charge in [0.25, 0.3) is 0 Å². The fourth-order valence-electron chi connectivity index (χ4n) is 3.40. The molecule has 0 unspecified atom stereocenters. The molecule has 138 valence electrons. The molecule has 0 radical (unpaired) electrons. The number of pyridine rings is 2. The van der Waals surface area contributed by atoms with Crippen LogP contribution in [0.4, 0.5) is 0 Å². The van der Waals surface area contributed by atoms with Gasteiger partial charge in [-0.05, 0) is 31.0 Å². The van der Waals surface area contributed by atoms with E-state index < -0.39 is 0 Å². The molecule has 0 N–H and O–H groups in total. The Labute approximate surface area is 163 Å². The number of ether oxygens (including phenoxy) is 1. The van der Waals surface area contributed by atoms with Crippen LogP contribution in [-0.4, -0.2) is 22.9 Å². The maximum atomic E-state index is 12.4. The van der Waals surface area contributed by atoms with Crippen LogP contribution in [0.5, 0.6) is 5.75 Å². The molecular weight excluding hydrogens is 348 g/mol. The molecule has 0 amide bonds. The van der Waals surface area contributed by atoms with Crippen LogP contribution in [-0.2, 0) is 0 Å². The average molecular weight is 368 g/mol. The Morgan fingerprint density at radius 3 is 2.11 bits per heavy atom. The highest BCUT2D eigenvalue weighted by molar-refractivity contribution is 6.10. The Morgan fingerprint density at radius 2 is 1.50 bits per heavy atom. The standard InChI is InChI=1S/C24H20N2O2/c1-15-4-6-17(7-5-15)18-8-10-19(11-9-18)23-24(28-3)22(16(2)27)20-14-25-13-12-21(20)26-23/h4-14H,1-3H3. The molecule has 4 aromatic rings. The number of rotatable bonds is 4. The third-order valence-electron chi connectivity index (χ3n) is 4.84. The number of methoxy groups -OCH3 is 1. The number of aromatic nitrogens is 2. The smallest absolute Gasteiger partial charge is 0.164 e. The summed E-state index contributed by atoms with van der Waals surface area (Å²) in [6.45, 7) is 3.61. The summed E-state index contributed by atoms with van der Waals surface area (Å²) in [5.41, 5.74) is 6.30. The Bertz CT molecular complexity index is 1160. The summed E-state index contributed by atoms with van der Waals surface area (Å²) in [5.74, 6) is 0.408. The number of Topliss-reactive ketones (excluding diaryl/α,β-unsaturated/α-hetero) is 1. The van der Waals surface area contributed by atoms with Crippen molar-refractivity contribution in [3.8, 4) is 28.1 Å². The molecule has 4 heteroatoms. The molecule has 2 aromatic carbocycles. The zero-order chi connectivity index (χ0) is 19.7. The largest absolute Gasteiger partial charge is 0.494 e. The Hall–Kier alpha value is -3.53. The summed E-state index contributed by atoms with van der Waals surface area (Å²) in [4.78, 5) is 21.2. The van der Waals surface area contributed by atoms with E-state index in [-0.39, 0.29) is 5.78 Å². The zero-order valence-electron chi connectivity index (χ0n) is 16.1. The Kier molecular flexibility index (Phi) is 4.62. The SMILES string of the molecule is COc1c(-c2ccc(-c3ccc(C)cc3)cc2)nc2ccncc2c1C(C)=O. The van der Waals surface area contributed by atoms with Crippen molar-refractivity contribution >= 4 is 16.7 Å². The molecule has 0 aliphatic heterocycles. The first-order valence-electron chi connectivity index (χ1n) is 9.08. The van der Waals surface area contributed by atoms with Crippen molar-refractivity contribution in [3.05, 3.63) is 78.1 Å². The monoisotopic (exact) mass is 368 g/mol. The van der Waals surface area contributed by atoms with Crippen LogP contribution in [0.15, 0.2) is 67.0 Å². The van der Waals surface area contributed by atoms with E-state index in [9.17, 15) is 4.79 Å². The zero-order valence-corrected chi connectivity index (χ0v) is 16.1. The van der Waals surface area contributed by atoms with Crippen molar-refractivity contribution in [2.24, 2.45) is 0 Å². The Balaban J connectivity index is 1.86. The number of ketones is 1. The highest BCUT2D eigenvalue weighted by Gasteiger charge is 2.20. The lowest BCUT2D eigenvalue weighted by Gasteiger charge is -2.14. The second-order valence-corrected chi connectivity index (χ2v) is 6.76. The van der Waals surface area contributed by atoms with Gasteiger partial charge in [-0.2, -0.15) is 0 Å². The van der Waals surface area contributed by atoms with Gasteiger partial charge in [0.1, 0.15) is 5.69 Å². The van der Waals surface area contributed by atoms with E-state index in [0.29, 0.717) is 22.4 Å². The molecule has 0 aliphatic rings. The quantitative estimate of drug-likeness (QED) is 0.447. The number of nitrogens with zero attached hydrogens (tertiary/aromatic N) is 2. The number of hydrogen-bond acceptors (Lipinski definition) is 4. The topological polar surface area (TPSA) is 52.1 Å². The summed E-state index contributed by atoms with van der Waals surface area (Å²) in [6.07, 6.45) is 3.34. The predicted molar refractivity (Wildman–Crippen MR) is 112 cm³/mol. The van der Waals surface area contributed by atoms with Gasteiger partial charge in [-0.1, -0.05) is 54.1 Å². The van der Waals surface area contributed by atoms with Gasteiger partial charge in [-0.3, -0.25) is 9.78 Å². The van der Waals surface area contributed by atoms with E-state index in [2.05, 4.69) is 48.3 Å². The van der Waals surface area contributed by atoms with Crippen molar-refractivity contribution in [3.63, 3.8) is 0 Å². The normalized spacial score (nSPS) is 10.8. The van der Waals surface area contributed by atoms with Crippen LogP contribution in [0.3, 0.4) is 0 Å². The van der Waals surface area contributed by atoms with Crippen LogP contribution in [0.25, 0.3) is 33.3 Å². The molecule has 0 saturated carbocycles. The molecule has 0 atom stereocenters. The van der Waals surface area contributed by atoms with E-state index >= 15 is 0 Å². The van der Waals surface area contributed by atoms with Crippen LogP contribution in [0, 0.1) is 6.92 Å². The number of carbonyl (C=O) groups excluding carboxylic acids is 1.